The average Bonchev–Trinajstić information content (AvgIpc) is 2.28. The molecule has 1 atom stereocenters. The van der Waals surface area contributed by atoms with Crippen molar-refractivity contribution in [2.24, 2.45) is 0 Å². The molecule has 0 unspecified atom stereocenters. The lowest BCUT2D eigenvalue weighted by Gasteiger charge is -2.33. The van der Waals surface area contributed by atoms with Gasteiger partial charge in [-0.15, -0.1) is 0 Å². The molecule has 1 aromatic carbocycles. The van der Waals surface area contributed by atoms with Gasteiger partial charge in [0.1, 0.15) is 6.07 Å². The Bertz CT molecular complexity index is 422. The van der Waals surface area contributed by atoms with Crippen molar-refractivity contribution in [3.05, 3.63) is 29.3 Å². The lowest BCUT2D eigenvalue weighted by atomic mass is 10.0. The van der Waals surface area contributed by atoms with Gasteiger partial charge in [0.15, 0.2) is 0 Å². The van der Waals surface area contributed by atoms with Crippen LogP contribution in [0.15, 0.2) is 18.2 Å². The van der Waals surface area contributed by atoms with Gasteiger partial charge in [-0.2, -0.15) is 5.26 Å². The smallest absolute Gasteiger partial charge is 0.101 e. The van der Waals surface area contributed by atoms with Crippen molar-refractivity contribution < 1.29 is 5.11 Å². The summed E-state index contributed by atoms with van der Waals surface area (Å²) in [7, 11) is 0. The van der Waals surface area contributed by atoms with E-state index in [0.29, 0.717) is 12.1 Å². The molecule has 3 nitrogen and oxygen atoms in total. The highest BCUT2D eigenvalue weighted by Gasteiger charge is 2.21. The van der Waals surface area contributed by atoms with E-state index >= 15 is 0 Å². The molecule has 1 N–H and O–H groups in total. The molecule has 1 aliphatic heterocycles. The third-order valence-corrected chi connectivity index (χ3v) is 3.07. The normalized spacial score (nSPS) is 20.6. The van der Waals surface area contributed by atoms with E-state index in [1.54, 1.807) is 0 Å². The maximum Gasteiger partial charge on any atom is 0.101 e. The third-order valence-electron chi connectivity index (χ3n) is 3.07. The predicted molar refractivity (Wildman–Crippen MR) is 63.3 cm³/mol. The van der Waals surface area contributed by atoms with E-state index in [0.717, 1.165) is 30.6 Å². The zero-order valence-electron chi connectivity index (χ0n) is 9.48. The zero-order chi connectivity index (χ0) is 11.5. The van der Waals surface area contributed by atoms with Crippen molar-refractivity contribution in [3.8, 4) is 6.07 Å². The molecule has 1 saturated heterocycles. The highest BCUT2D eigenvalue weighted by atomic mass is 16.3. The van der Waals surface area contributed by atoms with Crippen molar-refractivity contribution in [1.29, 1.82) is 5.26 Å². The van der Waals surface area contributed by atoms with E-state index in [9.17, 15) is 5.11 Å². The second-order valence-electron chi connectivity index (χ2n) is 4.32. The minimum atomic E-state index is -0.264. The van der Waals surface area contributed by atoms with Crippen LogP contribution in [0.1, 0.15) is 24.0 Å². The molecule has 84 valence electrons. The molecule has 2 rings (SSSR count). The summed E-state index contributed by atoms with van der Waals surface area (Å²) in [5, 5.41) is 18.8. The molecule has 16 heavy (non-hydrogen) atoms. The lowest BCUT2D eigenvalue weighted by molar-refractivity contribution is 0.154. The Hall–Kier alpha value is -1.53. The van der Waals surface area contributed by atoms with Crippen LogP contribution < -0.4 is 4.90 Å². The van der Waals surface area contributed by atoms with Gasteiger partial charge in [0, 0.05) is 13.1 Å². The minimum absolute atomic E-state index is 0.264. The second kappa shape index (κ2) is 4.54. The quantitative estimate of drug-likeness (QED) is 0.779. The van der Waals surface area contributed by atoms with Crippen LogP contribution in [-0.4, -0.2) is 24.3 Å². The van der Waals surface area contributed by atoms with Crippen LogP contribution in [-0.2, 0) is 0 Å². The summed E-state index contributed by atoms with van der Waals surface area (Å²) in [5.41, 5.74) is 2.80. The number of nitrogens with zero attached hydrogens (tertiary/aromatic N) is 2. The highest BCUT2D eigenvalue weighted by Crippen LogP contribution is 2.27. The van der Waals surface area contributed by atoms with E-state index in [1.165, 1.54) is 0 Å². The maximum atomic E-state index is 9.67. The molecule has 1 aromatic rings. The number of hydrogen-bond acceptors (Lipinski definition) is 3. The first-order valence-electron chi connectivity index (χ1n) is 5.65. The summed E-state index contributed by atoms with van der Waals surface area (Å²) >= 11 is 0. The van der Waals surface area contributed by atoms with Crippen molar-refractivity contribution >= 4 is 5.69 Å². The van der Waals surface area contributed by atoms with Crippen molar-refractivity contribution in [3.63, 3.8) is 0 Å². The van der Waals surface area contributed by atoms with Crippen molar-refractivity contribution in [1.82, 2.24) is 0 Å². The van der Waals surface area contributed by atoms with E-state index in [2.05, 4.69) is 11.0 Å². The Morgan fingerprint density at radius 1 is 1.50 bits per heavy atom. The molecular weight excluding hydrogens is 200 g/mol. The summed E-state index contributed by atoms with van der Waals surface area (Å²) in [6, 6.07) is 7.97. The molecule has 1 heterocycles. The molecule has 0 bridgehead atoms. The number of anilines is 1. The fraction of sp³-hybridized carbons (Fsp3) is 0.462. The van der Waals surface area contributed by atoms with Gasteiger partial charge in [-0.3, -0.25) is 0 Å². The second-order valence-corrected chi connectivity index (χ2v) is 4.32. The molecule has 0 spiro atoms. The number of aliphatic hydroxyl groups is 1. The van der Waals surface area contributed by atoms with Gasteiger partial charge in [0.2, 0.25) is 0 Å². The Labute approximate surface area is 95.9 Å². The summed E-state index contributed by atoms with van der Waals surface area (Å²) in [5.74, 6) is 0. The number of piperidine rings is 1. The summed E-state index contributed by atoms with van der Waals surface area (Å²) in [6.07, 6.45) is 1.59. The predicted octanol–water partition coefficient (Wildman–Crippen LogP) is 1.83. The lowest BCUT2D eigenvalue weighted by Crippen LogP contribution is -2.39. The SMILES string of the molecule is Cc1cccc(C#N)c1N1CCC[C@H](O)C1. The molecule has 1 fully saturated rings. The fourth-order valence-corrected chi connectivity index (χ4v) is 2.33. The molecule has 0 radical (unpaired) electrons. The number of rotatable bonds is 1. The van der Waals surface area contributed by atoms with Crippen LogP contribution in [0.3, 0.4) is 0 Å². The molecule has 0 saturated carbocycles. The van der Waals surface area contributed by atoms with Crippen molar-refractivity contribution in [2.75, 3.05) is 18.0 Å². The highest BCUT2D eigenvalue weighted by molar-refractivity contribution is 5.64. The maximum absolute atomic E-state index is 9.67. The van der Waals surface area contributed by atoms with Gasteiger partial charge in [-0.1, -0.05) is 12.1 Å². The van der Waals surface area contributed by atoms with Crippen LogP contribution in [0.5, 0.6) is 0 Å². The van der Waals surface area contributed by atoms with Gasteiger partial charge in [0.05, 0.1) is 17.4 Å². The Balaban J connectivity index is 2.35. The average molecular weight is 216 g/mol. The molecule has 0 amide bonds. The Morgan fingerprint density at radius 2 is 2.31 bits per heavy atom. The van der Waals surface area contributed by atoms with Gasteiger partial charge in [0.25, 0.3) is 0 Å². The first-order chi connectivity index (χ1) is 7.72. The Kier molecular flexibility index (Phi) is 3.12. The van der Waals surface area contributed by atoms with Gasteiger partial charge in [-0.05, 0) is 31.4 Å². The third kappa shape index (κ3) is 2.02. The number of para-hydroxylation sites is 1. The Morgan fingerprint density at radius 3 is 3.00 bits per heavy atom. The number of aryl methyl sites for hydroxylation is 1. The molecule has 0 aliphatic carbocycles. The van der Waals surface area contributed by atoms with E-state index in [1.807, 2.05) is 25.1 Å². The molecule has 1 aliphatic rings. The van der Waals surface area contributed by atoms with Gasteiger partial charge >= 0.3 is 0 Å². The molecule has 0 aromatic heterocycles. The zero-order valence-corrected chi connectivity index (χ0v) is 9.48. The number of β-amino-alcohol motifs (C(OH)–C–C–N with tert-alkyl or cyclic N) is 1. The summed E-state index contributed by atoms with van der Waals surface area (Å²) in [6.45, 7) is 3.58. The first kappa shape index (κ1) is 11.0. The van der Waals surface area contributed by atoms with Crippen molar-refractivity contribution in [2.45, 2.75) is 25.9 Å². The van der Waals surface area contributed by atoms with Crippen LogP contribution >= 0.6 is 0 Å². The number of nitriles is 1. The van der Waals surface area contributed by atoms with E-state index in [4.69, 9.17) is 5.26 Å². The largest absolute Gasteiger partial charge is 0.391 e. The van der Waals surface area contributed by atoms with Crippen LogP contribution in [0, 0.1) is 18.3 Å². The summed E-state index contributed by atoms with van der Waals surface area (Å²) in [4.78, 5) is 2.13. The topological polar surface area (TPSA) is 47.3 Å². The number of benzene rings is 1. The van der Waals surface area contributed by atoms with Crippen LogP contribution in [0.2, 0.25) is 0 Å². The first-order valence-corrected chi connectivity index (χ1v) is 5.65. The van der Waals surface area contributed by atoms with Gasteiger partial charge in [-0.25, -0.2) is 0 Å². The number of hydrogen-bond donors (Lipinski definition) is 1. The molecular formula is C13H16N2O. The monoisotopic (exact) mass is 216 g/mol. The van der Waals surface area contributed by atoms with Crippen LogP contribution in [0.4, 0.5) is 5.69 Å². The number of aliphatic hydroxyl groups excluding tert-OH is 1. The molecule has 3 heteroatoms. The van der Waals surface area contributed by atoms with Gasteiger partial charge < -0.3 is 10.0 Å². The summed E-state index contributed by atoms with van der Waals surface area (Å²) < 4.78 is 0. The van der Waals surface area contributed by atoms with Crippen LogP contribution in [0.25, 0.3) is 0 Å². The standard InChI is InChI=1S/C13H16N2O/c1-10-4-2-5-11(8-14)13(10)15-7-3-6-12(16)9-15/h2,4-5,12,16H,3,6-7,9H2,1H3/t12-/m0/s1. The van der Waals surface area contributed by atoms with E-state index in [-0.39, 0.29) is 6.10 Å². The van der Waals surface area contributed by atoms with E-state index < -0.39 is 0 Å². The minimum Gasteiger partial charge on any atom is -0.391 e. The fourth-order valence-electron chi connectivity index (χ4n) is 2.33.